The molecule has 1 aliphatic rings. The number of nitrogens with zero attached hydrogens (tertiary/aromatic N) is 3. The monoisotopic (exact) mass is 395 g/mol. The number of likely N-dealkylation sites (tertiary alicyclic amines) is 1. The van der Waals surface area contributed by atoms with Gasteiger partial charge in [0.1, 0.15) is 5.01 Å². The number of halogens is 2. The second-order valence-electron chi connectivity index (χ2n) is 7.17. The lowest BCUT2D eigenvalue weighted by Crippen LogP contribution is -2.57. The molecule has 3 rings (SSSR count). The fourth-order valence-corrected chi connectivity index (χ4v) is 4.28. The van der Waals surface area contributed by atoms with E-state index in [0.717, 1.165) is 22.8 Å². The van der Waals surface area contributed by atoms with Crippen LogP contribution in [0.15, 0.2) is 23.6 Å². The molecule has 0 aliphatic carbocycles. The highest BCUT2D eigenvalue weighted by atomic mass is 32.1. The SMILES string of the molecule is Cc1csc(CN(C)C[C@]2(O)CCCN(Cc3ccc(F)c(F)c3)C2=O)n1. The zero-order chi connectivity index (χ0) is 19.6. The van der Waals surface area contributed by atoms with Crippen molar-refractivity contribution in [2.24, 2.45) is 0 Å². The van der Waals surface area contributed by atoms with Crippen molar-refractivity contribution >= 4 is 17.2 Å². The van der Waals surface area contributed by atoms with Crippen molar-refractivity contribution in [1.82, 2.24) is 14.8 Å². The lowest BCUT2D eigenvalue weighted by Gasteiger charge is -2.40. The average molecular weight is 395 g/mol. The Balaban J connectivity index is 1.66. The van der Waals surface area contributed by atoms with E-state index in [4.69, 9.17) is 0 Å². The molecule has 1 saturated heterocycles. The summed E-state index contributed by atoms with van der Waals surface area (Å²) in [6, 6.07) is 3.60. The molecule has 0 bridgehead atoms. The minimum atomic E-state index is -1.49. The summed E-state index contributed by atoms with van der Waals surface area (Å²) in [7, 11) is 1.84. The number of carbonyl (C=O) groups excluding carboxylic acids is 1. The van der Waals surface area contributed by atoms with Crippen LogP contribution in [0.3, 0.4) is 0 Å². The summed E-state index contributed by atoms with van der Waals surface area (Å²) >= 11 is 1.55. The smallest absolute Gasteiger partial charge is 0.256 e. The Hall–Kier alpha value is -1.90. The molecule has 0 saturated carbocycles. The Morgan fingerprint density at radius 3 is 2.81 bits per heavy atom. The van der Waals surface area contributed by atoms with E-state index >= 15 is 0 Å². The molecule has 1 atom stereocenters. The first kappa shape index (κ1) is 19.9. The number of benzene rings is 1. The van der Waals surface area contributed by atoms with Crippen LogP contribution in [0, 0.1) is 18.6 Å². The molecule has 1 N–H and O–H groups in total. The number of rotatable bonds is 6. The average Bonchev–Trinajstić information content (AvgIpc) is 3.00. The number of amides is 1. The van der Waals surface area contributed by atoms with Crippen LogP contribution in [0.4, 0.5) is 8.78 Å². The third-order valence-electron chi connectivity index (χ3n) is 4.66. The van der Waals surface area contributed by atoms with Crippen molar-refractivity contribution in [2.45, 2.75) is 38.5 Å². The summed E-state index contributed by atoms with van der Waals surface area (Å²) in [4.78, 5) is 20.7. The highest BCUT2D eigenvalue weighted by Gasteiger charge is 2.42. The number of aliphatic hydroxyl groups is 1. The van der Waals surface area contributed by atoms with E-state index in [1.807, 2.05) is 24.3 Å². The van der Waals surface area contributed by atoms with Gasteiger partial charge in [-0.2, -0.15) is 0 Å². The normalized spacial score (nSPS) is 20.5. The lowest BCUT2D eigenvalue weighted by atomic mass is 9.91. The van der Waals surface area contributed by atoms with Crippen LogP contribution in [-0.4, -0.2) is 51.5 Å². The van der Waals surface area contributed by atoms with Gasteiger partial charge in [-0.1, -0.05) is 6.07 Å². The van der Waals surface area contributed by atoms with Crippen LogP contribution in [0.2, 0.25) is 0 Å². The maximum atomic E-state index is 13.4. The van der Waals surface area contributed by atoms with Gasteiger partial charge < -0.3 is 10.0 Å². The summed E-state index contributed by atoms with van der Waals surface area (Å²) in [5.74, 6) is -2.23. The minimum Gasteiger partial charge on any atom is -0.379 e. The van der Waals surface area contributed by atoms with Gasteiger partial charge in [-0.15, -0.1) is 11.3 Å². The van der Waals surface area contributed by atoms with Crippen LogP contribution in [0.25, 0.3) is 0 Å². The molecule has 1 fully saturated rings. The highest BCUT2D eigenvalue weighted by molar-refractivity contribution is 7.09. The predicted octanol–water partition coefficient (Wildman–Crippen LogP) is 2.72. The van der Waals surface area contributed by atoms with E-state index in [1.165, 1.54) is 11.0 Å². The second-order valence-corrected chi connectivity index (χ2v) is 8.11. The summed E-state index contributed by atoms with van der Waals surface area (Å²) in [6.07, 6.45) is 1.03. The predicted molar refractivity (Wildman–Crippen MR) is 99.1 cm³/mol. The number of thiazole rings is 1. The minimum absolute atomic E-state index is 0.147. The summed E-state index contributed by atoms with van der Waals surface area (Å²) in [5.41, 5.74) is -0.0376. The highest BCUT2D eigenvalue weighted by Crippen LogP contribution is 2.26. The second kappa shape index (κ2) is 8.00. The number of hydrogen-bond acceptors (Lipinski definition) is 5. The molecule has 27 heavy (non-hydrogen) atoms. The van der Waals surface area contributed by atoms with Gasteiger partial charge in [-0.25, -0.2) is 13.8 Å². The van der Waals surface area contributed by atoms with Gasteiger partial charge in [0, 0.05) is 30.7 Å². The summed E-state index contributed by atoms with van der Waals surface area (Å²) in [5, 5.41) is 13.9. The van der Waals surface area contributed by atoms with E-state index < -0.39 is 17.2 Å². The molecule has 146 valence electrons. The maximum absolute atomic E-state index is 13.4. The van der Waals surface area contributed by atoms with E-state index in [9.17, 15) is 18.7 Å². The van der Waals surface area contributed by atoms with Crippen molar-refractivity contribution in [1.29, 1.82) is 0 Å². The fraction of sp³-hybridized carbons (Fsp3) is 0.474. The quantitative estimate of drug-likeness (QED) is 0.817. The Bertz CT molecular complexity index is 829. The molecule has 0 unspecified atom stereocenters. The van der Waals surface area contributed by atoms with Crippen LogP contribution in [0.5, 0.6) is 0 Å². The molecule has 5 nitrogen and oxygen atoms in total. The Morgan fingerprint density at radius 1 is 1.37 bits per heavy atom. The number of piperidine rings is 1. The Labute approximate surface area is 161 Å². The molecule has 1 aromatic carbocycles. The first-order valence-corrected chi connectivity index (χ1v) is 9.70. The molecule has 1 amide bonds. The molecule has 8 heteroatoms. The maximum Gasteiger partial charge on any atom is 0.256 e. The van der Waals surface area contributed by atoms with E-state index in [0.29, 0.717) is 31.5 Å². The number of hydrogen-bond donors (Lipinski definition) is 1. The summed E-state index contributed by atoms with van der Waals surface area (Å²) in [6.45, 7) is 3.30. The van der Waals surface area contributed by atoms with Gasteiger partial charge >= 0.3 is 0 Å². The van der Waals surface area contributed by atoms with Gasteiger partial charge in [0.15, 0.2) is 17.2 Å². The van der Waals surface area contributed by atoms with Crippen molar-refractivity contribution in [2.75, 3.05) is 20.1 Å². The van der Waals surface area contributed by atoms with E-state index in [1.54, 1.807) is 11.3 Å². The fourth-order valence-electron chi connectivity index (χ4n) is 3.43. The molecular formula is C19H23F2N3O2S. The third kappa shape index (κ3) is 4.69. The molecule has 1 aliphatic heterocycles. The standard InChI is InChI=1S/C19H23F2N3O2S/c1-13-11-27-17(22-13)10-23(2)12-19(26)6-3-7-24(18(19)25)9-14-4-5-15(20)16(21)8-14/h4-5,8,11,26H,3,6-7,9-10,12H2,1-2H3/t19-/m1/s1. The van der Waals surface area contributed by atoms with Gasteiger partial charge in [0.2, 0.25) is 0 Å². The molecule has 2 heterocycles. The van der Waals surface area contributed by atoms with Crippen molar-refractivity contribution in [3.05, 3.63) is 51.5 Å². The largest absolute Gasteiger partial charge is 0.379 e. The molecule has 1 aromatic heterocycles. The lowest BCUT2D eigenvalue weighted by molar-refractivity contribution is -0.160. The van der Waals surface area contributed by atoms with Crippen LogP contribution >= 0.6 is 11.3 Å². The van der Waals surface area contributed by atoms with Gasteiger partial charge in [0.05, 0.1) is 6.54 Å². The van der Waals surface area contributed by atoms with Gasteiger partial charge in [0.25, 0.3) is 5.91 Å². The van der Waals surface area contributed by atoms with E-state index in [-0.39, 0.29) is 19.0 Å². The van der Waals surface area contributed by atoms with Crippen LogP contribution < -0.4 is 0 Å². The molecule has 0 spiro atoms. The number of aryl methyl sites for hydroxylation is 1. The Kier molecular flexibility index (Phi) is 5.88. The number of carbonyl (C=O) groups is 1. The molecule has 2 aromatic rings. The third-order valence-corrected chi connectivity index (χ3v) is 5.62. The summed E-state index contributed by atoms with van der Waals surface area (Å²) < 4.78 is 26.5. The first-order chi connectivity index (χ1) is 12.8. The van der Waals surface area contributed by atoms with Crippen LogP contribution in [0.1, 0.15) is 29.1 Å². The Morgan fingerprint density at radius 2 is 2.15 bits per heavy atom. The van der Waals surface area contributed by atoms with Crippen molar-refractivity contribution in [3.8, 4) is 0 Å². The topological polar surface area (TPSA) is 56.7 Å². The molecular weight excluding hydrogens is 372 g/mol. The van der Waals surface area contributed by atoms with Gasteiger partial charge in [-0.3, -0.25) is 9.69 Å². The number of aromatic nitrogens is 1. The van der Waals surface area contributed by atoms with Gasteiger partial charge in [-0.05, 0) is 44.5 Å². The zero-order valence-electron chi connectivity index (χ0n) is 15.4. The van der Waals surface area contributed by atoms with Crippen molar-refractivity contribution in [3.63, 3.8) is 0 Å². The van der Waals surface area contributed by atoms with Crippen molar-refractivity contribution < 1.29 is 18.7 Å². The molecule has 0 radical (unpaired) electrons. The van der Waals surface area contributed by atoms with E-state index in [2.05, 4.69) is 4.98 Å². The first-order valence-electron chi connectivity index (χ1n) is 8.82. The zero-order valence-corrected chi connectivity index (χ0v) is 16.2. The van der Waals surface area contributed by atoms with Crippen LogP contribution in [-0.2, 0) is 17.9 Å². The number of likely N-dealkylation sites (N-methyl/N-ethyl adjacent to an activating group) is 1.